The van der Waals surface area contributed by atoms with Crippen molar-refractivity contribution < 1.29 is 19.1 Å². The number of aryl methyl sites for hydroxylation is 1. The summed E-state index contributed by atoms with van der Waals surface area (Å²) in [5.74, 6) is 0.363. The van der Waals surface area contributed by atoms with Gasteiger partial charge in [-0.2, -0.15) is 0 Å². The van der Waals surface area contributed by atoms with Crippen LogP contribution in [0.25, 0.3) is 0 Å². The smallest absolute Gasteiger partial charge is 0.319 e. The van der Waals surface area contributed by atoms with Crippen LogP contribution >= 0.6 is 0 Å². The molecule has 1 aromatic rings. The number of carbonyl (C=O) groups excluding carboxylic acids is 2. The third kappa shape index (κ3) is 1.99. The van der Waals surface area contributed by atoms with E-state index in [4.69, 9.17) is 9.47 Å². The van der Waals surface area contributed by atoms with Crippen molar-refractivity contribution in [3.8, 4) is 5.75 Å². The molecule has 0 saturated carbocycles. The van der Waals surface area contributed by atoms with Gasteiger partial charge in [0.2, 0.25) is 0 Å². The molecular weight excluding hydrogens is 256 g/mol. The van der Waals surface area contributed by atoms with Crippen LogP contribution in [0, 0.1) is 12.3 Å². The van der Waals surface area contributed by atoms with Crippen LogP contribution in [0.1, 0.15) is 30.9 Å². The Labute approximate surface area is 118 Å². The standard InChI is InChI=1S/C16H18O4/c1-10-3-4-14-12(7-10)8-13(20-14)9-16(11(2)17)5-6-19-15(16)18/h3-4,7,13H,5-6,8-9H2,1-2H3. The molecular formula is C16H18O4. The van der Waals surface area contributed by atoms with Crippen LogP contribution in [0.5, 0.6) is 5.75 Å². The van der Waals surface area contributed by atoms with Crippen molar-refractivity contribution in [2.45, 2.75) is 39.2 Å². The monoisotopic (exact) mass is 274 g/mol. The molecule has 4 nitrogen and oxygen atoms in total. The molecule has 1 saturated heterocycles. The van der Waals surface area contributed by atoms with E-state index in [-0.39, 0.29) is 17.9 Å². The molecule has 0 bridgehead atoms. The third-order valence-corrected chi connectivity index (χ3v) is 4.36. The Balaban J connectivity index is 1.80. The first kappa shape index (κ1) is 13.2. The van der Waals surface area contributed by atoms with Gasteiger partial charge >= 0.3 is 5.97 Å². The number of rotatable bonds is 3. The van der Waals surface area contributed by atoms with Crippen LogP contribution in [0.15, 0.2) is 18.2 Å². The Morgan fingerprint density at radius 3 is 2.90 bits per heavy atom. The summed E-state index contributed by atoms with van der Waals surface area (Å²) in [6, 6.07) is 6.06. The number of hydrogen-bond donors (Lipinski definition) is 0. The van der Waals surface area contributed by atoms with Crippen molar-refractivity contribution in [1.29, 1.82) is 0 Å². The minimum atomic E-state index is -0.998. The number of hydrogen-bond acceptors (Lipinski definition) is 4. The summed E-state index contributed by atoms with van der Waals surface area (Å²) < 4.78 is 10.9. The van der Waals surface area contributed by atoms with Crippen molar-refractivity contribution in [1.82, 2.24) is 0 Å². The zero-order valence-electron chi connectivity index (χ0n) is 11.8. The molecule has 0 aliphatic carbocycles. The van der Waals surface area contributed by atoms with Gasteiger partial charge in [-0.1, -0.05) is 17.7 Å². The molecule has 2 unspecified atom stereocenters. The lowest BCUT2D eigenvalue weighted by molar-refractivity contribution is -0.152. The molecule has 1 fully saturated rings. The average molecular weight is 274 g/mol. The largest absolute Gasteiger partial charge is 0.490 e. The maximum atomic E-state index is 12.0. The van der Waals surface area contributed by atoms with Gasteiger partial charge in [0.05, 0.1) is 6.61 Å². The number of benzene rings is 1. The molecule has 106 valence electrons. The molecule has 3 rings (SSSR count). The number of fused-ring (bicyclic) bond motifs is 1. The summed E-state index contributed by atoms with van der Waals surface area (Å²) in [7, 11) is 0. The number of Topliss-reactive ketones (excluding diaryl/α,β-unsaturated/α-hetero) is 1. The molecule has 1 aromatic carbocycles. The van der Waals surface area contributed by atoms with Gasteiger partial charge in [0, 0.05) is 19.3 Å². The summed E-state index contributed by atoms with van der Waals surface area (Å²) in [4.78, 5) is 23.9. The highest BCUT2D eigenvalue weighted by Crippen LogP contribution is 2.40. The maximum Gasteiger partial charge on any atom is 0.319 e. The predicted molar refractivity (Wildman–Crippen MR) is 72.6 cm³/mol. The van der Waals surface area contributed by atoms with Crippen molar-refractivity contribution in [2.24, 2.45) is 5.41 Å². The van der Waals surface area contributed by atoms with E-state index in [1.807, 2.05) is 19.1 Å². The van der Waals surface area contributed by atoms with E-state index in [9.17, 15) is 9.59 Å². The Morgan fingerprint density at radius 2 is 2.25 bits per heavy atom. The van der Waals surface area contributed by atoms with Gasteiger partial charge < -0.3 is 9.47 Å². The Kier molecular flexibility index (Phi) is 3.04. The summed E-state index contributed by atoms with van der Waals surface area (Å²) in [5.41, 5.74) is 1.34. The second kappa shape index (κ2) is 4.62. The molecule has 0 aromatic heterocycles. The van der Waals surface area contributed by atoms with E-state index in [1.54, 1.807) is 0 Å². The van der Waals surface area contributed by atoms with E-state index >= 15 is 0 Å². The second-order valence-electron chi connectivity index (χ2n) is 5.78. The van der Waals surface area contributed by atoms with Crippen LogP contribution in [0.3, 0.4) is 0 Å². The molecule has 0 radical (unpaired) electrons. The molecule has 20 heavy (non-hydrogen) atoms. The summed E-state index contributed by atoms with van der Waals surface area (Å²) >= 11 is 0. The van der Waals surface area contributed by atoms with Crippen LogP contribution in [-0.4, -0.2) is 24.5 Å². The normalized spacial score (nSPS) is 27.9. The van der Waals surface area contributed by atoms with Gasteiger partial charge in [-0.25, -0.2) is 0 Å². The predicted octanol–water partition coefficient (Wildman–Crippen LogP) is 2.21. The van der Waals surface area contributed by atoms with Crippen LogP contribution < -0.4 is 4.74 Å². The fourth-order valence-electron chi connectivity index (χ4n) is 3.16. The zero-order valence-corrected chi connectivity index (χ0v) is 11.8. The molecule has 2 aliphatic heterocycles. The maximum absolute atomic E-state index is 12.0. The summed E-state index contributed by atoms with van der Waals surface area (Å²) in [6.45, 7) is 3.84. The molecule has 2 atom stereocenters. The lowest BCUT2D eigenvalue weighted by Gasteiger charge is -2.24. The van der Waals surface area contributed by atoms with E-state index < -0.39 is 5.41 Å². The first-order valence-corrected chi connectivity index (χ1v) is 6.96. The van der Waals surface area contributed by atoms with Crippen molar-refractivity contribution in [3.63, 3.8) is 0 Å². The molecule has 2 heterocycles. The van der Waals surface area contributed by atoms with Crippen LogP contribution in [-0.2, 0) is 20.7 Å². The first-order valence-electron chi connectivity index (χ1n) is 6.96. The highest BCUT2D eigenvalue weighted by Gasteiger charge is 2.51. The summed E-state index contributed by atoms with van der Waals surface area (Å²) in [5, 5.41) is 0. The minimum Gasteiger partial charge on any atom is -0.490 e. The number of esters is 1. The van der Waals surface area contributed by atoms with E-state index in [0.29, 0.717) is 19.4 Å². The van der Waals surface area contributed by atoms with Crippen LogP contribution in [0.2, 0.25) is 0 Å². The molecule has 4 heteroatoms. The van der Waals surface area contributed by atoms with Crippen LogP contribution in [0.4, 0.5) is 0 Å². The quantitative estimate of drug-likeness (QED) is 0.626. The number of ketones is 1. The highest BCUT2D eigenvalue weighted by atomic mass is 16.5. The zero-order chi connectivity index (χ0) is 14.3. The van der Waals surface area contributed by atoms with E-state index in [0.717, 1.165) is 17.7 Å². The third-order valence-electron chi connectivity index (χ3n) is 4.36. The lowest BCUT2D eigenvalue weighted by atomic mass is 9.77. The minimum absolute atomic E-state index is 0.115. The Morgan fingerprint density at radius 1 is 1.45 bits per heavy atom. The summed E-state index contributed by atoms with van der Waals surface area (Å²) in [6.07, 6.45) is 1.51. The van der Waals surface area contributed by atoms with Gasteiger partial charge in [0.25, 0.3) is 0 Å². The van der Waals surface area contributed by atoms with Gasteiger partial charge in [0.1, 0.15) is 23.1 Å². The fraction of sp³-hybridized carbons (Fsp3) is 0.500. The fourth-order valence-corrected chi connectivity index (χ4v) is 3.16. The van der Waals surface area contributed by atoms with Gasteiger partial charge in [-0.05, 0) is 25.5 Å². The number of cyclic esters (lactones) is 1. The topological polar surface area (TPSA) is 52.6 Å². The number of carbonyl (C=O) groups is 2. The van der Waals surface area contributed by atoms with Gasteiger partial charge in [-0.15, -0.1) is 0 Å². The first-order chi connectivity index (χ1) is 9.51. The highest BCUT2D eigenvalue weighted by molar-refractivity contribution is 6.03. The molecule has 2 aliphatic rings. The average Bonchev–Trinajstić information content (AvgIpc) is 2.94. The number of ether oxygens (including phenoxy) is 2. The van der Waals surface area contributed by atoms with Gasteiger partial charge in [-0.3, -0.25) is 9.59 Å². The Hall–Kier alpha value is -1.84. The van der Waals surface area contributed by atoms with Gasteiger partial charge in [0.15, 0.2) is 0 Å². The van der Waals surface area contributed by atoms with Crippen molar-refractivity contribution in [3.05, 3.63) is 29.3 Å². The molecule has 0 spiro atoms. The SMILES string of the molecule is CC(=O)C1(CC2Cc3cc(C)ccc3O2)CCOC1=O. The molecule has 0 amide bonds. The second-order valence-corrected chi connectivity index (χ2v) is 5.78. The van der Waals surface area contributed by atoms with E-state index in [1.165, 1.54) is 12.5 Å². The van der Waals surface area contributed by atoms with Crippen molar-refractivity contribution in [2.75, 3.05) is 6.61 Å². The molecule has 0 N–H and O–H groups in total. The van der Waals surface area contributed by atoms with Crippen molar-refractivity contribution >= 4 is 11.8 Å². The Bertz CT molecular complexity index is 578. The van der Waals surface area contributed by atoms with E-state index in [2.05, 4.69) is 6.07 Å². The lowest BCUT2D eigenvalue weighted by Crippen LogP contribution is -2.38.